The highest BCUT2D eigenvalue weighted by molar-refractivity contribution is 6.01. The van der Waals surface area contributed by atoms with Crippen LogP contribution in [0.5, 0.6) is 11.5 Å². The first-order chi connectivity index (χ1) is 11.7. The number of methoxy groups -OCH3 is 1. The standard InChI is InChI=1S/C19H22N2O3/c1-4-13-24-18-8-6-5-7-17(18)19(22)21-20-14(2)15-9-11-16(23-3)12-10-15/h5-12H,4,13H2,1-3H3,(H,21,22). The first-order valence-electron chi connectivity index (χ1n) is 7.86. The number of hydrogen-bond donors (Lipinski definition) is 1. The first-order valence-corrected chi connectivity index (χ1v) is 7.86. The number of carbonyl (C=O) groups is 1. The van der Waals surface area contributed by atoms with Crippen molar-refractivity contribution < 1.29 is 14.3 Å². The lowest BCUT2D eigenvalue weighted by Crippen LogP contribution is -2.20. The van der Waals surface area contributed by atoms with Crippen LogP contribution in [0.3, 0.4) is 0 Å². The van der Waals surface area contributed by atoms with Crippen molar-refractivity contribution in [3.63, 3.8) is 0 Å². The lowest BCUT2D eigenvalue weighted by molar-refractivity contribution is 0.0950. The highest BCUT2D eigenvalue weighted by Gasteiger charge is 2.11. The molecule has 1 N–H and O–H groups in total. The molecule has 0 aliphatic rings. The molecule has 0 saturated heterocycles. The summed E-state index contributed by atoms with van der Waals surface area (Å²) < 4.78 is 10.7. The van der Waals surface area contributed by atoms with E-state index in [0.717, 1.165) is 17.7 Å². The van der Waals surface area contributed by atoms with Gasteiger partial charge < -0.3 is 9.47 Å². The molecular formula is C19H22N2O3. The molecule has 0 spiro atoms. The Labute approximate surface area is 142 Å². The summed E-state index contributed by atoms with van der Waals surface area (Å²) in [4.78, 5) is 12.3. The van der Waals surface area contributed by atoms with Crippen molar-refractivity contribution in [1.29, 1.82) is 0 Å². The van der Waals surface area contributed by atoms with Gasteiger partial charge in [-0.05, 0) is 55.3 Å². The third-order valence-electron chi connectivity index (χ3n) is 3.43. The van der Waals surface area contributed by atoms with Gasteiger partial charge >= 0.3 is 0 Å². The summed E-state index contributed by atoms with van der Waals surface area (Å²) >= 11 is 0. The molecule has 2 aromatic carbocycles. The third-order valence-corrected chi connectivity index (χ3v) is 3.43. The molecule has 0 aromatic heterocycles. The molecule has 126 valence electrons. The molecule has 0 unspecified atom stereocenters. The van der Waals surface area contributed by atoms with E-state index < -0.39 is 0 Å². The van der Waals surface area contributed by atoms with E-state index >= 15 is 0 Å². The summed E-state index contributed by atoms with van der Waals surface area (Å²) in [5.74, 6) is 1.04. The van der Waals surface area contributed by atoms with Gasteiger partial charge in [0.1, 0.15) is 11.5 Å². The number of nitrogens with zero attached hydrogens (tertiary/aromatic N) is 1. The minimum Gasteiger partial charge on any atom is -0.497 e. The van der Waals surface area contributed by atoms with Crippen molar-refractivity contribution in [2.75, 3.05) is 13.7 Å². The number of amides is 1. The van der Waals surface area contributed by atoms with Crippen molar-refractivity contribution in [2.45, 2.75) is 20.3 Å². The molecule has 0 saturated carbocycles. The van der Waals surface area contributed by atoms with Crippen molar-refractivity contribution >= 4 is 11.6 Å². The van der Waals surface area contributed by atoms with Crippen LogP contribution in [0.4, 0.5) is 0 Å². The number of hydrazone groups is 1. The molecule has 2 aromatic rings. The summed E-state index contributed by atoms with van der Waals surface area (Å²) in [7, 11) is 1.62. The molecule has 2 rings (SSSR count). The van der Waals surface area contributed by atoms with Crippen LogP contribution in [0.2, 0.25) is 0 Å². The second-order valence-electron chi connectivity index (χ2n) is 5.21. The normalized spacial score (nSPS) is 11.0. The summed E-state index contributed by atoms with van der Waals surface area (Å²) in [6.45, 7) is 4.42. The van der Waals surface area contributed by atoms with Crippen LogP contribution in [0.25, 0.3) is 0 Å². The van der Waals surface area contributed by atoms with E-state index in [9.17, 15) is 4.79 Å². The molecule has 24 heavy (non-hydrogen) atoms. The van der Waals surface area contributed by atoms with Crippen molar-refractivity contribution in [2.24, 2.45) is 5.10 Å². The molecule has 0 radical (unpaired) electrons. The third kappa shape index (κ3) is 4.59. The van der Waals surface area contributed by atoms with Crippen LogP contribution in [0.15, 0.2) is 53.6 Å². The van der Waals surface area contributed by atoms with Crippen molar-refractivity contribution in [3.8, 4) is 11.5 Å². The molecule has 0 aliphatic carbocycles. The highest BCUT2D eigenvalue weighted by Crippen LogP contribution is 2.18. The van der Waals surface area contributed by atoms with E-state index in [1.807, 2.05) is 44.2 Å². The smallest absolute Gasteiger partial charge is 0.275 e. The maximum absolute atomic E-state index is 12.3. The molecule has 1 amide bonds. The lowest BCUT2D eigenvalue weighted by atomic mass is 10.1. The van der Waals surface area contributed by atoms with Crippen LogP contribution in [-0.4, -0.2) is 25.3 Å². The quantitative estimate of drug-likeness (QED) is 0.624. The number of hydrogen-bond acceptors (Lipinski definition) is 4. The fourth-order valence-corrected chi connectivity index (χ4v) is 2.08. The maximum Gasteiger partial charge on any atom is 0.275 e. The molecule has 5 heteroatoms. The monoisotopic (exact) mass is 326 g/mol. The molecule has 0 bridgehead atoms. The Kier molecular flexibility index (Phi) is 6.37. The fourth-order valence-electron chi connectivity index (χ4n) is 2.08. The van der Waals surface area contributed by atoms with Crippen molar-refractivity contribution in [3.05, 3.63) is 59.7 Å². The summed E-state index contributed by atoms with van der Waals surface area (Å²) in [5, 5.41) is 4.17. The van der Waals surface area contributed by atoms with E-state index in [2.05, 4.69) is 10.5 Å². The minimum atomic E-state index is -0.297. The Morgan fingerprint density at radius 2 is 1.83 bits per heavy atom. The van der Waals surface area contributed by atoms with Crippen LogP contribution in [0, 0.1) is 0 Å². The molecular weight excluding hydrogens is 304 g/mol. The number of nitrogens with one attached hydrogen (secondary N) is 1. The SMILES string of the molecule is CCCOc1ccccc1C(=O)NN=C(C)c1ccc(OC)cc1. The van der Waals surface area contributed by atoms with E-state index in [1.54, 1.807) is 25.3 Å². The van der Waals surface area contributed by atoms with E-state index in [1.165, 1.54) is 0 Å². The zero-order chi connectivity index (χ0) is 17.4. The average Bonchev–Trinajstić information content (AvgIpc) is 2.64. The van der Waals surface area contributed by atoms with E-state index in [0.29, 0.717) is 23.6 Å². The largest absolute Gasteiger partial charge is 0.497 e. The molecule has 0 aliphatic heterocycles. The van der Waals surface area contributed by atoms with Gasteiger partial charge in [0.05, 0.1) is 25.0 Å². The number of rotatable bonds is 7. The number of carbonyl (C=O) groups excluding carboxylic acids is 1. The number of ether oxygens (including phenoxy) is 2. The zero-order valence-corrected chi connectivity index (χ0v) is 14.2. The summed E-state index contributed by atoms with van der Waals surface area (Å²) in [5.41, 5.74) is 4.67. The predicted octanol–water partition coefficient (Wildman–Crippen LogP) is 3.64. The van der Waals surface area contributed by atoms with Gasteiger partial charge in [-0.1, -0.05) is 19.1 Å². The van der Waals surface area contributed by atoms with Gasteiger partial charge in [0.25, 0.3) is 5.91 Å². The fraction of sp³-hybridized carbons (Fsp3) is 0.263. The van der Waals surface area contributed by atoms with Crippen LogP contribution in [0.1, 0.15) is 36.2 Å². The lowest BCUT2D eigenvalue weighted by Gasteiger charge is -2.10. The Balaban J connectivity index is 2.08. The van der Waals surface area contributed by atoms with Gasteiger partial charge in [0.2, 0.25) is 0 Å². The van der Waals surface area contributed by atoms with E-state index in [4.69, 9.17) is 9.47 Å². The summed E-state index contributed by atoms with van der Waals surface area (Å²) in [6.07, 6.45) is 0.880. The first kappa shape index (κ1) is 17.5. The highest BCUT2D eigenvalue weighted by atomic mass is 16.5. The summed E-state index contributed by atoms with van der Waals surface area (Å²) in [6, 6.07) is 14.6. The average molecular weight is 326 g/mol. The van der Waals surface area contributed by atoms with E-state index in [-0.39, 0.29) is 5.91 Å². The predicted molar refractivity (Wildman–Crippen MR) is 94.9 cm³/mol. The topological polar surface area (TPSA) is 59.9 Å². The molecule has 0 heterocycles. The van der Waals surface area contributed by atoms with Gasteiger partial charge in [0.15, 0.2) is 0 Å². The van der Waals surface area contributed by atoms with Gasteiger partial charge in [-0.25, -0.2) is 5.43 Å². The molecule has 0 fully saturated rings. The molecule has 0 atom stereocenters. The van der Waals surface area contributed by atoms with Gasteiger partial charge in [-0.15, -0.1) is 0 Å². The molecule has 5 nitrogen and oxygen atoms in total. The van der Waals surface area contributed by atoms with Crippen molar-refractivity contribution in [1.82, 2.24) is 5.43 Å². The Bertz CT molecular complexity index is 709. The van der Waals surface area contributed by atoms with Crippen LogP contribution >= 0.6 is 0 Å². The number of benzene rings is 2. The number of para-hydroxylation sites is 1. The second kappa shape index (κ2) is 8.72. The zero-order valence-electron chi connectivity index (χ0n) is 14.2. The Morgan fingerprint density at radius 3 is 2.50 bits per heavy atom. The van der Waals surface area contributed by atoms with Crippen LogP contribution < -0.4 is 14.9 Å². The minimum absolute atomic E-state index is 0.297. The Morgan fingerprint density at radius 1 is 1.12 bits per heavy atom. The van der Waals surface area contributed by atoms with Gasteiger partial charge in [-0.3, -0.25) is 4.79 Å². The maximum atomic E-state index is 12.3. The second-order valence-corrected chi connectivity index (χ2v) is 5.21. The van der Waals surface area contributed by atoms with Gasteiger partial charge in [-0.2, -0.15) is 5.10 Å². The van der Waals surface area contributed by atoms with Gasteiger partial charge in [0, 0.05) is 0 Å². The Hall–Kier alpha value is -2.82. The van der Waals surface area contributed by atoms with Crippen LogP contribution in [-0.2, 0) is 0 Å².